The molecular weight excluding hydrogens is 205 g/mol. The molecule has 0 spiro atoms. The van der Waals surface area contributed by atoms with Crippen LogP contribution in [0.2, 0.25) is 0 Å². The lowest BCUT2D eigenvalue weighted by Crippen LogP contribution is -2.26. The molecule has 1 aromatic carbocycles. The maximum absolute atomic E-state index is 12.9. The molecule has 0 bridgehead atoms. The van der Waals surface area contributed by atoms with Crippen LogP contribution in [0.15, 0.2) is 12.1 Å². The Bertz CT molecular complexity index is 343. The van der Waals surface area contributed by atoms with Crippen molar-refractivity contribution in [1.29, 1.82) is 0 Å². The first-order valence-electron chi connectivity index (χ1n) is 4.35. The van der Waals surface area contributed by atoms with Crippen molar-refractivity contribution in [1.82, 2.24) is 4.90 Å². The first-order chi connectivity index (χ1) is 6.16. The summed E-state index contributed by atoms with van der Waals surface area (Å²) in [5.74, 6) is -0.752. The molecule has 0 aromatic heterocycles. The molecule has 78 valence electrons. The van der Waals surface area contributed by atoms with Gasteiger partial charge in [0.2, 0.25) is 0 Å². The number of benzene rings is 1. The molecule has 0 unspecified atom stereocenters. The highest BCUT2D eigenvalue weighted by atomic mass is 35.5. The Morgan fingerprint density at radius 3 is 2.79 bits per heavy atom. The van der Waals surface area contributed by atoms with Crippen LogP contribution in [-0.4, -0.2) is 23.6 Å². The molecule has 1 aliphatic heterocycles. The minimum absolute atomic E-state index is 0. The lowest BCUT2D eigenvalue weighted by molar-refractivity contribution is 0.310. The van der Waals surface area contributed by atoms with Gasteiger partial charge in [0.15, 0.2) is 11.6 Å². The number of aromatic hydroxyl groups is 1. The van der Waals surface area contributed by atoms with Crippen LogP contribution in [-0.2, 0) is 13.0 Å². The number of rotatable bonds is 0. The lowest BCUT2D eigenvalue weighted by Gasteiger charge is -2.24. The smallest absolute Gasteiger partial charge is 0.165 e. The standard InChI is InChI=1S/C10H12FNO.ClH/c1-12-3-2-7-4-9(11)10(13)5-8(7)6-12;/h4-5,13H,2-3,6H2,1H3;1H. The van der Waals surface area contributed by atoms with Gasteiger partial charge < -0.3 is 10.0 Å². The maximum atomic E-state index is 12.9. The molecule has 2 nitrogen and oxygen atoms in total. The molecule has 2 rings (SSSR count). The summed E-state index contributed by atoms with van der Waals surface area (Å²) < 4.78 is 12.9. The molecule has 14 heavy (non-hydrogen) atoms. The predicted molar refractivity (Wildman–Crippen MR) is 55.4 cm³/mol. The Balaban J connectivity index is 0.000000980. The second-order valence-electron chi connectivity index (χ2n) is 3.56. The van der Waals surface area contributed by atoms with E-state index in [2.05, 4.69) is 4.90 Å². The van der Waals surface area contributed by atoms with Crippen molar-refractivity contribution >= 4 is 12.4 Å². The minimum Gasteiger partial charge on any atom is -0.505 e. The molecule has 0 saturated heterocycles. The van der Waals surface area contributed by atoms with Crippen LogP contribution in [0.3, 0.4) is 0 Å². The van der Waals surface area contributed by atoms with Gasteiger partial charge in [-0.2, -0.15) is 0 Å². The van der Waals surface area contributed by atoms with Gasteiger partial charge >= 0.3 is 0 Å². The Hall–Kier alpha value is -0.800. The largest absolute Gasteiger partial charge is 0.505 e. The van der Waals surface area contributed by atoms with Gasteiger partial charge in [0.25, 0.3) is 0 Å². The summed E-state index contributed by atoms with van der Waals surface area (Å²) >= 11 is 0. The van der Waals surface area contributed by atoms with E-state index >= 15 is 0 Å². The van der Waals surface area contributed by atoms with Crippen LogP contribution in [0.4, 0.5) is 4.39 Å². The quantitative estimate of drug-likeness (QED) is 0.718. The van der Waals surface area contributed by atoms with Crippen molar-refractivity contribution in [2.24, 2.45) is 0 Å². The fraction of sp³-hybridized carbons (Fsp3) is 0.400. The zero-order valence-corrected chi connectivity index (χ0v) is 8.77. The van der Waals surface area contributed by atoms with Gasteiger partial charge in [-0.25, -0.2) is 4.39 Å². The Labute approximate surface area is 88.8 Å². The molecule has 1 N–H and O–H groups in total. The summed E-state index contributed by atoms with van der Waals surface area (Å²) in [6.45, 7) is 1.75. The summed E-state index contributed by atoms with van der Waals surface area (Å²) in [5, 5.41) is 9.17. The SMILES string of the molecule is CN1CCc2cc(F)c(O)cc2C1.Cl. The number of phenols is 1. The minimum atomic E-state index is -0.511. The van der Waals surface area contributed by atoms with Gasteiger partial charge in [-0.3, -0.25) is 0 Å². The van der Waals surface area contributed by atoms with Gasteiger partial charge in [0, 0.05) is 13.1 Å². The van der Waals surface area contributed by atoms with Crippen LogP contribution in [0.1, 0.15) is 11.1 Å². The third-order valence-corrected chi connectivity index (χ3v) is 2.47. The summed E-state index contributed by atoms with van der Waals surface area (Å²) in [6.07, 6.45) is 0.864. The van der Waals surface area contributed by atoms with E-state index in [0.29, 0.717) is 0 Å². The van der Waals surface area contributed by atoms with E-state index < -0.39 is 5.82 Å². The number of phenolic OH excluding ortho intramolecular Hbond substituents is 1. The monoisotopic (exact) mass is 217 g/mol. The zero-order chi connectivity index (χ0) is 9.42. The first kappa shape index (κ1) is 11.3. The van der Waals surface area contributed by atoms with Crippen molar-refractivity contribution in [3.05, 3.63) is 29.1 Å². The average molecular weight is 218 g/mol. The van der Waals surface area contributed by atoms with Crippen molar-refractivity contribution < 1.29 is 9.50 Å². The molecule has 1 aromatic rings. The number of hydrogen-bond donors (Lipinski definition) is 1. The third-order valence-electron chi connectivity index (χ3n) is 2.47. The van der Waals surface area contributed by atoms with Crippen molar-refractivity contribution in [3.63, 3.8) is 0 Å². The molecule has 0 radical (unpaired) electrons. The molecule has 0 fully saturated rings. The van der Waals surface area contributed by atoms with E-state index in [9.17, 15) is 4.39 Å². The lowest BCUT2D eigenvalue weighted by atomic mass is 10.00. The van der Waals surface area contributed by atoms with Gasteiger partial charge in [0.05, 0.1) is 0 Å². The van der Waals surface area contributed by atoms with Crippen molar-refractivity contribution in [3.8, 4) is 5.75 Å². The normalized spacial score (nSPS) is 15.9. The van der Waals surface area contributed by atoms with Crippen LogP contribution in [0, 0.1) is 5.82 Å². The van der Waals surface area contributed by atoms with Gasteiger partial charge in [-0.1, -0.05) is 0 Å². The maximum Gasteiger partial charge on any atom is 0.165 e. The summed E-state index contributed by atoms with van der Waals surface area (Å²) in [6, 6.07) is 2.97. The average Bonchev–Trinajstić information content (AvgIpc) is 2.08. The van der Waals surface area contributed by atoms with Crippen LogP contribution in [0.25, 0.3) is 0 Å². The van der Waals surface area contributed by atoms with E-state index in [-0.39, 0.29) is 18.2 Å². The fourth-order valence-corrected chi connectivity index (χ4v) is 1.71. The Kier molecular flexibility index (Phi) is 3.34. The molecule has 1 aliphatic rings. The number of nitrogens with zero attached hydrogens (tertiary/aromatic N) is 1. The highest BCUT2D eigenvalue weighted by Crippen LogP contribution is 2.25. The molecule has 0 saturated carbocycles. The second-order valence-corrected chi connectivity index (χ2v) is 3.56. The third kappa shape index (κ3) is 1.99. The number of hydrogen-bond acceptors (Lipinski definition) is 2. The van der Waals surface area contributed by atoms with Crippen LogP contribution < -0.4 is 0 Å². The Morgan fingerprint density at radius 2 is 2.07 bits per heavy atom. The number of likely N-dealkylation sites (N-methyl/N-ethyl adjacent to an activating group) is 1. The fourth-order valence-electron chi connectivity index (χ4n) is 1.71. The topological polar surface area (TPSA) is 23.5 Å². The number of fused-ring (bicyclic) bond motifs is 1. The molecule has 0 atom stereocenters. The summed E-state index contributed by atoms with van der Waals surface area (Å²) in [5.41, 5.74) is 2.06. The molecule has 4 heteroatoms. The van der Waals surface area contributed by atoms with E-state index in [1.54, 1.807) is 0 Å². The van der Waals surface area contributed by atoms with E-state index in [1.807, 2.05) is 7.05 Å². The highest BCUT2D eigenvalue weighted by Gasteiger charge is 2.15. The molecule has 1 heterocycles. The van der Waals surface area contributed by atoms with Gasteiger partial charge in [-0.15, -0.1) is 12.4 Å². The highest BCUT2D eigenvalue weighted by molar-refractivity contribution is 5.85. The van der Waals surface area contributed by atoms with Gasteiger partial charge in [0.1, 0.15) is 0 Å². The van der Waals surface area contributed by atoms with E-state index in [1.165, 1.54) is 12.1 Å². The Morgan fingerprint density at radius 1 is 1.36 bits per heavy atom. The van der Waals surface area contributed by atoms with Gasteiger partial charge in [-0.05, 0) is 36.7 Å². The zero-order valence-electron chi connectivity index (χ0n) is 7.96. The van der Waals surface area contributed by atoms with Crippen LogP contribution >= 0.6 is 12.4 Å². The molecule has 0 amide bonds. The molecule has 0 aliphatic carbocycles. The van der Waals surface area contributed by atoms with Crippen molar-refractivity contribution in [2.75, 3.05) is 13.6 Å². The van der Waals surface area contributed by atoms with Crippen LogP contribution in [0.5, 0.6) is 5.75 Å². The first-order valence-corrected chi connectivity index (χ1v) is 4.35. The van der Waals surface area contributed by atoms with E-state index in [4.69, 9.17) is 5.11 Å². The summed E-state index contributed by atoms with van der Waals surface area (Å²) in [7, 11) is 2.02. The predicted octanol–water partition coefficient (Wildman–Crippen LogP) is 1.94. The summed E-state index contributed by atoms with van der Waals surface area (Å²) in [4.78, 5) is 2.15. The second kappa shape index (κ2) is 4.15. The molecular formula is C10H13ClFNO. The number of halogens is 2. The van der Waals surface area contributed by atoms with E-state index in [0.717, 1.165) is 30.6 Å². The van der Waals surface area contributed by atoms with Crippen molar-refractivity contribution in [2.45, 2.75) is 13.0 Å².